The van der Waals surface area contributed by atoms with Crippen LogP contribution in [-0.2, 0) is 0 Å². The molecule has 0 bridgehead atoms. The molecule has 0 spiro atoms. The topological polar surface area (TPSA) is 52.5 Å². The van der Waals surface area contributed by atoms with Gasteiger partial charge in [-0.1, -0.05) is 0 Å². The average molecular weight is 173 g/mol. The minimum atomic E-state index is -0.758. The van der Waals surface area contributed by atoms with Crippen LogP contribution < -0.4 is 5.32 Å². The first-order chi connectivity index (χ1) is 5.41. The molecule has 3 nitrogen and oxygen atoms in total. The van der Waals surface area contributed by atoms with Gasteiger partial charge in [-0.2, -0.15) is 0 Å². The maximum atomic E-state index is 10.0. The lowest BCUT2D eigenvalue weighted by atomic mass is 9.83. The molecular weight excluding hydrogens is 154 g/mol. The van der Waals surface area contributed by atoms with Gasteiger partial charge in [0.25, 0.3) is 0 Å². The first kappa shape index (κ1) is 9.96. The van der Waals surface area contributed by atoms with Crippen molar-refractivity contribution >= 4 is 0 Å². The Bertz CT molecular complexity index is 145. The molecule has 0 aromatic rings. The highest BCUT2D eigenvalue weighted by Crippen LogP contribution is 2.27. The summed E-state index contributed by atoms with van der Waals surface area (Å²) in [5.74, 6) is 0. The number of hydrogen-bond acceptors (Lipinski definition) is 3. The van der Waals surface area contributed by atoms with Crippen LogP contribution in [0.1, 0.15) is 33.1 Å². The summed E-state index contributed by atoms with van der Waals surface area (Å²) in [6, 6.07) is 0. The molecule has 72 valence electrons. The van der Waals surface area contributed by atoms with Gasteiger partial charge in [-0.3, -0.25) is 0 Å². The molecule has 0 aromatic carbocycles. The van der Waals surface area contributed by atoms with Gasteiger partial charge in [0.05, 0.1) is 11.2 Å². The summed E-state index contributed by atoms with van der Waals surface area (Å²) in [6.45, 7) is 5.19. The van der Waals surface area contributed by atoms with Crippen LogP contribution >= 0.6 is 0 Å². The van der Waals surface area contributed by atoms with Gasteiger partial charge < -0.3 is 15.5 Å². The van der Waals surface area contributed by atoms with Crippen molar-refractivity contribution in [2.24, 2.45) is 0 Å². The van der Waals surface area contributed by atoms with Gasteiger partial charge in [-0.15, -0.1) is 0 Å². The monoisotopic (exact) mass is 173 g/mol. The van der Waals surface area contributed by atoms with Crippen LogP contribution in [0, 0.1) is 0 Å². The summed E-state index contributed by atoms with van der Waals surface area (Å²) in [5, 5.41) is 22.7. The fraction of sp³-hybridized carbons (Fsp3) is 1.00. The summed E-state index contributed by atoms with van der Waals surface area (Å²) in [5.41, 5.74) is -1.41. The molecule has 0 unspecified atom stereocenters. The molecule has 1 aliphatic rings. The Labute approximate surface area is 73.8 Å². The third-order valence-electron chi connectivity index (χ3n) is 2.30. The van der Waals surface area contributed by atoms with Gasteiger partial charge in [0.15, 0.2) is 0 Å². The molecule has 0 aliphatic carbocycles. The summed E-state index contributed by atoms with van der Waals surface area (Å²) >= 11 is 0. The maximum absolute atomic E-state index is 10.0. The normalized spacial score (nSPS) is 24.0. The van der Waals surface area contributed by atoms with Crippen molar-refractivity contribution in [3.63, 3.8) is 0 Å². The fourth-order valence-corrected chi connectivity index (χ4v) is 1.87. The smallest absolute Gasteiger partial charge is 0.0699 e. The quantitative estimate of drug-likeness (QED) is 0.561. The lowest BCUT2D eigenvalue weighted by Gasteiger charge is -2.36. The van der Waals surface area contributed by atoms with E-state index in [1.807, 2.05) is 0 Å². The molecular formula is C9H19NO2. The number of nitrogens with one attached hydrogen (secondary N) is 1. The predicted octanol–water partition coefficient (Wildman–Crippen LogP) is 0.262. The van der Waals surface area contributed by atoms with Crippen molar-refractivity contribution in [1.29, 1.82) is 0 Å². The van der Waals surface area contributed by atoms with Gasteiger partial charge in [-0.25, -0.2) is 0 Å². The Balaban J connectivity index is 2.47. The fourth-order valence-electron chi connectivity index (χ4n) is 1.87. The van der Waals surface area contributed by atoms with Crippen molar-refractivity contribution in [1.82, 2.24) is 5.32 Å². The molecule has 0 saturated carbocycles. The third kappa shape index (κ3) is 3.09. The number of piperidine rings is 1. The second-order valence-electron chi connectivity index (χ2n) is 4.46. The Hall–Kier alpha value is -0.120. The third-order valence-corrected chi connectivity index (χ3v) is 2.30. The molecule has 1 rings (SSSR count). The lowest BCUT2D eigenvalue weighted by molar-refractivity contribution is -0.0624. The van der Waals surface area contributed by atoms with Crippen molar-refractivity contribution in [3.8, 4) is 0 Å². The molecule has 3 N–H and O–H groups in total. The first-order valence-corrected chi connectivity index (χ1v) is 4.57. The molecule has 1 aliphatic heterocycles. The Kier molecular flexibility index (Phi) is 2.76. The Morgan fingerprint density at radius 2 is 1.83 bits per heavy atom. The van der Waals surface area contributed by atoms with Gasteiger partial charge in [0, 0.05) is 6.42 Å². The van der Waals surface area contributed by atoms with E-state index < -0.39 is 11.2 Å². The summed E-state index contributed by atoms with van der Waals surface area (Å²) in [7, 11) is 0. The van der Waals surface area contributed by atoms with E-state index in [9.17, 15) is 10.2 Å². The SMILES string of the molecule is CC(C)(O)CC1(O)CCNCC1. The van der Waals surface area contributed by atoms with Crippen LogP contribution in [0.4, 0.5) is 0 Å². The van der Waals surface area contributed by atoms with E-state index in [0.717, 1.165) is 25.9 Å². The van der Waals surface area contributed by atoms with Crippen molar-refractivity contribution in [2.45, 2.75) is 44.3 Å². The van der Waals surface area contributed by atoms with E-state index in [-0.39, 0.29) is 0 Å². The minimum absolute atomic E-state index is 0.474. The second-order valence-corrected chi connectivity index (χ2v) is 4.46. The van der Waals surface area contributed by atoms with E-state index >= 15 is 0 Å². The van der Waals surface area contributed by atoms with Crippen LogP contribution in [0.5, 0.6) is 0 Å². The molecule has 1 saturated heterocycles. The van der Waals surface area contributed by atoms with Gasteiger partial charge in [0.1, 0.15) is 0 Å². The molecule has 0 amide bonds. The minimum Gasteiger partial charge on any atom is -0.390 e. The van der Waals surface area contributed by atoms with Gasteiger partial charge in [0.2, 0.25) is 0 Å². The average Bonchev–Trinajstić information content (AvgIpc) is 1.83. The lowest BCUT2D eigenvalue weighted by Crippen LogP contribution is -2.46. The van der Waals surface area contributed by atoms with Crippen LogP contribution in [0.2, 0.25) is 0 Å². The standard InChI is InChI=1S/C9H19NO2/c1-8(2,11)7-9(12)3-5-10-6-4-9/h10-12H,3-7H2,1-2H3. The first-order valence-electron chi connectivity index (χ1n) is 4.57. The molecule has 3 heteroatoms. The number of aliphatic hydroxyl groups is 2. The predicted molar refractivity (Wildman–Crippen MR) is 48.0 cm³/mol. The summed E-state index contributed by atoms with van der Waals surface area (Å²) < 4.78 is 0. The van der Waals surface area contributed by atoms with Gasteiger partial charge in [-0.05, 0) is 39.8 Å². The highest BCUT2D eigenvalue weighted by atomic mass is 16.3. The van der Waals surface area contributed by atoms with Crippen LogP contribution in [0.3, 0.4) is 0 Å². The van der Waals surface area contributed by atoms with E-state index in [4.69, 9.17) is 0 Å². The number of rotatable bonds is 2. The zero-order valence-electron chi connectivity index (χ0n) is 7.93. The molecule has 1 heterocycles. The van der Waals surface area contributed by atoms with Crippen molar-refractivity contribution in [2.75, 3.05) is 13.1 Å². The van der Waals surface area contributed by atoms with Gasteiger partial charge >= 0.3 is 0 Å². The van der Waals surface area contributed by atoms with E-state index in [2.05, 4.69) is 5.32 Å². The number of hydrogen-bond donors (Lipinski definition) is 3. The summed E-state index contributed by atoms with van der Waals surface area (Å²) in [6.07, 6.45) is 1.97. The molecule has 12 heavy (non-hydrogen) atoms. The van der Waals surface area contributed by atoms with Crippen molar-refractivity contribution in [3.05, 3.63) is 0 Å². The van der Waals surface area contributed by atoms with Crippen molar-refractivity contribution < 1.29 is 10.2 Å². The molecule has 0 atom stereocenters. The Morgan fingerprint density at radius 3 is 2.25 bits per heavy atom. The van der Waals surface area contributed by atoms with E-state index in [0.29, 0.717) is 6.42 Å². The summed E-state index contributed by atoms with van der Waals surface area (Å²) in [4.78, 5) is 0. The van der Waals surface area contributed by atoms with Crippen LogP contribution in [-0.4, -0.2) is 34.5 Å². The van der Waals surface area contributed by atoms with Crippen LogP contribution in [0.25, 0.3) is 0 Å². The second kappa shape index (κ2) is 3.32. The zero-order valence-corrected chi connectivity index (χ0v) is 7.93. The maximum Gasteiger partial charge on any atom is 0.0699 e. The molecule has 1 fully saturated rings. The zero-order chi connectivity index (χ0) is 9.24. The van der Waals surface area contributed by atoms with E-state index in [1.165, 1.54) is 0 Å². The highest BCUT2D eigenvalue weighted by molar-refractivity contribution is 4.89. The largest absolute Gasteiger partial charge is 0.390 e. The van der Waals surface area contributed by atoms with E-state index in [1.54, 1.807) is 13.8 Å². The highest BCUT2D eigenvalue weighted by Gasteiger charge is 2.34. The molecule has 0 aromatic heterocycles. The Morgan fingerprint density at radius 1 is 1.33 bits per heavy atom. The molecule has 0 radical (unpaired) electrons. The van der Waals surface area contributed by atoms with Crippen LogP contribution in [0.15, 0.2) is 0 Å².